The molecule has 0 N–H and O–H groups in total. The van der Waals surface area contributed by atoms with Crippen molar-refractivity contribution in [1.82, 2.24) is 14.7 Å². The summed E-state index contributed by atoms with van der Waals surface area (Å²) < 4.78 is 1.30. The van der Waals surface area contributed by atoms with Crippen LogP contribution in [0.2, 0.25) is 0 Å². The Balaban J connectivity index is 1.22. The molecule has 2 aromatic carbocycles. The molecule has 1 saturated heterocycles. The highest BCUT2D eigenvalue weighted by atomic mass is 16.5. The number of benzene rings is 2. The van der Waals surface area contributed by atoms with Crippen LogP contribution in [0.5, 0.6) is 0 Å². The molecule has 8 heteroatoms. The number of carbonyl (C=O) groups excluding carboxylic acids is 2. The van der Waals surface area contributed by atoms with Crippen LogP contribution in [0.1, 0.15) is 44.1 Å². The molecule has 0 unspecified atom stereocenters. The van der Waals surface area contributed by atoms with E-state index in [0.29, 0.717) is 29.1 Å². The van der Waals surface area contributed by atoms with E-state index in [9.17, 15) is 14.8 Å². The summed E-state index contributed by atoms with van der Waals surface area (Å²) in [4.78, 5) is 30.8. The van der Waals surface area contributed by atoms with Gasteiger partial charge in [0.25, 0.3) is 0 Å². The van der Waals surface area contributed by atoms with E-state index in [1.807, 2.05) is 0 Å². The Morgan fingerprint density at radius 1 is 0.906 bits per heavy atom. The number of aryl methyl sites for hydroxylation is 1. The molecule has 0 spiro atoms. The second-order valence-corrected chi connectivity index (χ2v) is 8.39. The fourth-order valence-electron chi connectivity index (χ4n) is 4.53. The molecule has 164 valence electrons. The number of hydrogen-bond acceptors (Lipinski definition) is 6. The van der Waals surface area contributed by atoms with Crippen molar-refractivity contribution in [2.24, 2.45) is 0 Å². The van der Waals surface area contributed by atoms with E-state index in [-0.39, 0.29) is 23.0 Å². The predicted octanol–water partition coefficient (Wildman–Crippen LogP) is 1.81. The molecule has 8 nitrogen and oxygen atoms in total. The summed E-state index contributed by atoms with van der Waals surface area (Å²) in [5.74, 6) is -0.685. The fourth-order valence-corrected chi connectivity index (χ4v) is 4.53. The quantitative estimate of drug-likeness (QED) is 0.354. The van der Waals surface area contributed by atoms with Crippen molar-refractivity contribution in [2.75, 3.05) is 37.6 Å². The predicted molar refractivity (Wildman–Crippen MR) is 119 cm³/mol. The van der Waals surface area contributed by atoms with Crippen LogP contribution >= 0.6 is 0 Å². The van der Waals surface area contributed by atoms with Crippen molar-refractivity contribution >= 4 is 17.3 Å². The van der Waals surface area contributed by atoms with E-state index in [1.165, 1.54) is 15.9 Å². The summed E-state index contributed by atoms with van der Waals surface area (Å²) in [5.41, 5.74) is 3.20. The Labute approximate surface area is 186 Å². The van der Waals surface area contributed by atoms with Crippen molar-refractivity contribution in [3.05, 3.63) is 81.8 Å². The molecule has 5 rings (SSSR count). The minimum absolute atomic E-state index is 0.0459. The highest BCUT2D eigenvalue weighted by Crippen LogP contribution is 2.25. The number of fused-ring (bicyclic) bond motifs is 2. The van der Waals surface area contributed by atoms with Crippen LogP contribution in [0.4, 0.5) is 5.69 Å². The van der Waals surface area contributed by atoms with Crippen molar-refractivity contribution in [1.29, 1.82) is 0 Å². The Hall–Kier alpha value is -3.52. The van der Waals surface area contributed by atoms with Crippen LogP contribution in [0.3, 0.4) is 0 Å². The number of nitrogens with zero attached hydrogens (tertiary/aromatic N) is 5. The number of carbonyl (C=O) groups is 2. The number of hydrogen-bond donors (Lipinski definition) is 0. The molecular formula is C24H25N5O3. The lowest BCUT2D eigenvalue weighted by atomic mass is 9.90. The number of piperazine rings is 1. The molecular weight excluding hydrogens is 406 g/mol. The molecule has 0 amide bonds. The monoisotopic (exact) mass is 431 g/mol. The van der Waals surface area contributed by atoms with Gasteiger partial charge in [0.1, 0.15) is 0 Å². The van der Waals surface area contributed by atoms with Gasteiger partial charge in [-0.25, -0.2) is 0 Å². The van der Waals surface area contributed by atoms with E-state index < -0.39 is 0 Å². The van der Waals surface area contributed by atoms with E-state index in [2.05, 4.69) is 46.1 Å². The average molecular weight is 431 g/mol. The summed E-state index contributed by atoms with van der Waals surface area (Å²) >= 11 is 0. The zero-order valence-electron chi connectivity index (χ0n) is 18.0. The van der Waals surface area contributed by atoms with Gasteiger partial charge in [0.2, 0.25) is 17.3 Å². The molecule has 0 atom stereocenters. The van der Waals surface area contributed by atoms with Gasteiger partial charge in [-0.05, 0) is 25.5 Å². The van der Waals surface area contributed by atoms with Gasteiger partial charge in [-0.3, -0.25) is 14.5 Å². The summed E-state index contributed by atoms with van der Waals surface area (Å²) in [6.07, 6.45) is 0.693. The average Bonchev–Trinajstić information content (AvgIpc) is 3.15. The van der Waals surface area contributed by atoms with Crippen LogP contribution in [-0.4, -0.2) is 59.0 Å². The van der Waals surface area contributed by atoms with Crippen molar-refractivity contribution in [2.45, 2.75) is 19.9 Å². The van der Waals surface area contributed by atoms with Crippen LogP contribution in [0.25, 0.3) is 0 Å². The molecule has 0 saturated carbocycles. The van der Waals surface area contributed by atoms with Gasteiger partial charge in [0, 0.05) is 59.6 Å². The van der Waals surface area contributed by atoms with Gasteiger partial charge in [-0.1, -0.05) is 42.0 Å². The molecule has 1 fully saturated rings. The third kappa shape index (κ3) is 3.56. The van der Waals surface area contributed by atoms with Crippen LogP contribution in [0, 0.1) is 12.1 Å². The highest BCUT2D eigenvalue weighted by molar-refractivity contribution is 6.26. The number of anilines is 1. The smallest absolute Gasteiger partial charge is 0.220 e. The first-order valence-corrected chi connectivity index (χ1v) is 11.0. The van der Waals surface area contributed by atoms with E-state index >= 15 is 0 Å². The van der Waals surface area contributed by atoms with E-state index in [0.717, 1.165) is 32.7 Å². The summed E-state index contributed by atoms with van der Waals surface area (Å²) in [6, 6.07) is 15.2. The Kier molecular flexibility index (Phi) is 5.22. The topological polar surface area (TPSA) is 85.4 Å². The van der Waals surface area contributed by atoms with Crippen molar-refractivity contribution in [3.8, 4) is 0 Å². The third-order valence-corrected chi connectivity index (χ3v) is 6.34. The van der Waals surface area contributed by atoms with E-state index in [4.69, 9.17) is 0 Å². The SMILES string of the molecule is Cc1ccc(N2CCN(CCCn3c4c(n[n+]3[O-])C(=O)c3ccccc3C4=O)CC2)cc1. The largest absolute Gasteiger partial charge is 0.571 e. The minimum Gasteiger partial charge on any atom is -0.571 e. The zero-order chi connectivity index (χ0) is 22.2. The molecule has 0 radical (unpaired) electrons. The van der Waals surface area contributed by atoms with Gasteiger partial charge in [-0.15, -0.1) is 4.68 Å². The van der Waals surface area contributed by atoms with Crippen molar-refractivity contribution in [3.63, 3.8) is 0 Å². The lowest BCUT2D eigenvalue weighted by Gasteiger charge is -2.36. The van der Waals surface area contributed by atoms with Gasteiger partial charge in [-0.2, -0.15) is 0 Å². The summed E-state index contributed by atoms with van der Waals surface area (Å²) in [6.45, 7) is 7.03. The van der Waals surface area contributed by atoms with Gasteiger partial charge in [0.15, 0.2) is 5.69 Å². The molecule has 1 aliphatic heterocycles. The highest BCUT2D eigenvalue weighted by Gasteiger charge is 2.39. The number of rotatable bonds is 5. The summed E-state index contributed by atoms with van der Waals surface area (Å²) in [7, 11) is 0. The molecule has 1 aromatic heterocycles. The second-order valence-electron chi connectivity index (χ2n) is 8.39. The fraction of sp³-hybridized carbons (Fsp3) is 0.333. The van der Waals surface area contributed by atoms with Gasteiger partial charge in [0.05, 0.1) is 6.54 Å². The first-order valence-electron chi connectivity index (χ1n) is 11.0. The van der Waals surface area contributed by atoms with Crippen LogP contribution < -0.4 is 9.86 Å². The molecule has 32 heavy (non-hydrogen) atoms. The first kappa shape index (κ1) is 20.4. The van der Waals surface area contributed by atoms with Gasteiger partial charge < -0.3 is 10.1 Å². The molecule has 3 aromatic rings. The Morgan fingerprint density at radius 3 is 2.25 bits per heavy atom. The normalized spacial score (nSPS) is 16.2. The minimum atomic E-state index is -0.370. The lowest BCUT2D eigenvalue weighted by molar-refractivity contribution is -0.749. The maximum atomic E-state index is 13.0. The molecule has 0 bridgehead atoms. The maximum Gasteiger partial charge on any atom is 0.220 e. The number of ketones is 2. The maximum absolute atomic E-state index is 13.0. The first-order chi connectivity index (χ1) is 15.5. The third-order valence-electron chi connectivity index (χ3n) is 6.34. The van der Waals surface area contributed by atoms with Crippen LogP contribution in [0.15, 0.2) is 48.5 Å². The lowest BCUT2D eigenvalue weighted by Crippen LogP contribution is -2.47. The summed E-state index contributed by atoms with van der Waals surface area (Å²) in [5, 5.41) is 16.2. The Morgan fingerprint density at radius 2 is 1.56 bits per heavy atom. The van der Waals surface area contributed by atoms with Crippen molar-refractivity contribution < 1.29 is 14.5 Å². The molecule has 1 aliphatic carbocycles. The molecule has 2 heterocycles. The standard InChI is InChI=1S/C24H25N5O3/c1-17-7-9-18(10-8-17)27-15-13-26(14-16-27)11-4-12-28-22-21(25-29(28)32)23(30)19-5-2-3-6-20(19)24(22)31/h2-3,5-10H,4,11-16H2,1H3. The zero-order valence-corrected chi connectivity index (χ0v) is 18.0. The second kappa shape index (κ2) is 8.20. The Bertz CT molecular complexity index is 1180. The van der Waals surface area contributed by atoms with E-state index in [1.54, 1.807) is 24.3 Å². The number of aromatic nitrogens is 3. The van der Waals surface area contributed by atoms with Gasteiger partial charge >= 0.3 is 0 Å². The van der Waals surface area contributed by atoms with Crippen LogP contribution in [-0.2, 0) is 6.54 Å². The molecule has 2 aliphatic rings.